The van der Waals surface area contributed by atoms with Gasteiger partial charge in [-0.15, -0.1) is 0 Å². The van der Waals surface area contributed by atoms with Gasteiger partial charge in [0, 0.05) is 19.4 Å². The first kappa shape index (κ1) is 33.3. The number of hydrogen-bond acceptors (Lipinski definition) is 8. The molecule has 0 spiro atoms. The van der Waals surface area contributed by atoms with Gasteiger partial charge in [0.1, 0.15) is 24.2 Å². The number of nitrogens with one attached hydrogen (secondary N) is 3. The van der Waals surface area contributed by atoms with E-state index < -0.39 is 78.1 Å². The Morgan fingerprint density at radius 2 is 1.59 bits per heavy atom. The molecule has 39 heavy (non-hydrogen) atoms. The van der Waals surface area contributed by atoms with Crippen LogP contribution in [0.4, 0.5) is 0 Å². The topological polar surface area (TPSA) is 251 Å². The lowest BCUT2D eigenvalue weighted by molar-refractivity contribution is -0.146. The first-order valence-electron chi connectivity index (χ1n) is 12.9. The van der Waals surface area contributed by atoms with Crippen LogP contribution in [0.5, 0.6) is 0 Å². The average Bonchev–Trinajstić information content (AvgIpc) is 3.36. The maximum Gasteiger partial charge on any atom is 0.326 e. The van der Waals surface area contributed by atoms with Crippen LogP contribution in [0.25, 0.3) is 0 Å². The lowest BCUT2D eigenvalue weighted by Crippen LogP contribution is -2.58. The lowest BCUT2D eigenvalue weighted by Gasteiger charge is -2.29. The van der Waals surface area contributed by atoms with E-state index >= 15 is 0 Å². The molecule has 1 heterocycles. The number of carbonyl (C=O) groups is 7. The summed E-state index contributed by atoms with van der Waals surface area (Å²) in [4.78, 5) is 86.2. The van der Waals surface area contributed by atoms with Gasteiger partial charge >= 0.3 is 11.9 Å². The molecule has 0 radical (unpaired) electrons. The molecule has 1 aliphatic heterocycles. The molecule has 9 N–H and O–H groups in total. The van der Waals surface area contributed by atoms with Crippen LogP contribution in [0.15, 0.2) is 0 Å². The molecule has 1 rings (SSSR count). The molecule has 15 heteroatoms. The number of nitrogens with two attached hydrogens (primary N) is 2. The van der Waals surface area contributed by atoms with Gasteiger partial charge in [-0.2, -0.15) is 0 Å². The van der Waals surface area contributed by atoms with E-state index in [1.165, 1.54) is 11.8 Å². The Kier molecular flexibility index (Phi) is 13.3. The standard InChI is InChI=1S/C24H40N6O9/c1-4-12(2)19(24(38)39)29-22(36)16-6-5-11-30(16)23(37)13(3)27-21(35)15(8-10-18(32)33)28-20(34)14(25)7-9-17(26)31/h12-16,19H,4-11,25H2,1-3H3,(H2,26,31)(H,27,35)(H,28,34)(H,29,36)(H,32,33)(H,38,39)/t12-,13-,14-,15-,16-,19-/m0/s1. The number of carbonyl (C=O) groups excluding carboxylic acids is 5. The molecular weight excluding hydrogens is 516 g/mol. The lowest BCUT2D eigenvalue weighted by atomic mass is 9.98. The predicted molar refractivity (Wildman–Crippen MR) is 137 cm³/mol. The van der Waals surface area contributed by atoms with E-state index in [1.807, 2.05) is 0 Å². The molecule has 15 nitrogen and oxygen atoms in total. The van der Waals surface area contributed by atoms with Crippen LogP contribution in [0.2, 0.25) is 0 Å². The molecule has 6 atom stereocenters. The fourth-order valence-corrected chi connectivity index (χ4v) is 4.10. The maximum absolute atomic E-state index is 13.1. The summed E-state index contributed by atoms with van der Waals surface area (Å²) >= 11 is 0. The Balaban J connectivity index is 2.90. The fourth-order valence-electron chi connectivity index (χ4n) is 4.10. The third-order valence-electron chi connectivity index (χ3n) is 6.66. The Hall–Kier alpha value is -3.75. The van der Waals surface area contributed by atoms with Crippen molar-refractivity contribution in [3.8, 4) is 0 Å². The third-order valence-corrected chi connectivity index (χ3v) is 6.66. The first-order chi connectivity index (χ1) is 18.2. The number of hydrogen-bond donors (Lipinski definition) is 7. The van der Waals surface area contributed by atoms with Crippen molar-refractivity contribution in [3.05, 3.63) is 0 Å². The zero-order valence-corrected chi connectivity index (χ0v) is 22.5. The van der Waals surface area contributed by atoms with E-state index in [1.54, 1.807) is 13.8 Å². The zero-order valence-electron chi connectivity index (χ0n) is 22.5. The number of nitrogens with zero attached hydrogens (tertiary/aromatic N) is 1. The molecular formula is C24H40N6O9. The van der Waals surface area contributed by atoms with E-state index in [0.29, 0.717) is 19.3 Å². The van der Waals surface area contributed by atoms with Crippen molar-refractivity contribution in [3.63, 3.8) is 0 Å². The minimum absolute atomic E-state index is 0.0818. The van der Waals surface area contributed by atoms with Gasteiger partial charge in [-0.05, 0) is 38.5 Å². The van der Waals surface area contributed by atoms with Crippen LogP contribution >= 0.6 is 0 Å². The van der Waals surface area contributed by atoms with Crippen LogP contribution in [-0.4, -0.2) is 93.3 Å². The maximum atomic E-state index is 13.1. The third kappa shape index (κ3) is 10.5. The molecule has 1 saturated heterocycles. The highest BCUT2D eigenvalue weighted by atomic mass is 16.4. The van der Waals surface area contributed by atoms with Gasteiger partial charge in [-0.3, -0.25) is 28.8 Å². The van der Waals surface area contributed by atoms with Crippen molar-refractivity contribution in [1.82, 2.24) is 20.9 Å². The monoisotopic (exact) mass is 556 g/mol. The smallest absolute Gasteiger partial charge is 0.326 e. The van der Waals surface area contributed by atoms with Gasteiger partial charge in [0.05, 0.1) is 6.04 Å². The van der Waals surface area contributed by atoms with Crippen LogP contribution in [0.1, 0.15) is 65.7 Å². The zero-order chi connectivity index (χ0) is 29.9. The molecule has 5 amide bonds. The van der Waals surface area contributed by atoms with Crippen molar-refractivity contribution >= 4 is 41.5 Å². The quantitative estimate of drug-likeness (QED) is 0.110. The van der Waals surface area contributed by atoms with E-state index in [2.05, 4.69) is 16.0 Å². The second kappa shape index (κ2) is 15.6. The normalized spacial score (nSPS) is 18.7. The second-order valence-electron chi connectivity index (χ2n) is 9.74. The molecule has 0 bridgehead atoms. The number of carboxylic acid groups (broad SMARTS) is 2. The molecule has 0 unspecified atom stereocenters. The van der Waals surface area contributed by atoms with E-state index in [4.69, 9.17) is 16.6 Å². The summed E-state index contributed by atoms with van der Waals surface area (Å²) in [6.45, 7) is 5.08. The Morgan fingerprint density at radius 3 is 2.13 bits per heavy atom. The summed E-state index contributed by atoms with van der Waals surface area (Å²) in [5.74, 6) is -6.25. The van der Waals surface area contributed by atoms with Crippen molar-refractivity contribution < 1.29 is 43.8 Å². The van der Waals surface area contributed by atoms with E-state index in [0.717, 1.165) is 0 Å². The predicted octanol–water partition coefficient (Wildman–Crippen LogP) is -1.96. The van der Waals surface area contributed by atoms with Gasteiger partial charge in [-0.25, -0.2) is 4.79 Å². The molecule has 0 aliphatic carbocycles. The summed E-state index contributed by atoms with van der Waals surface area (Å²) in [7, 11) is 0. The van der Waals surface area contributed by atoms with E-state index in [-0.39, 0.29) is 31.7 Å². The Labute approximate surface area is 226 Å². The van der Waals surface area contributed by atoms with Crippen LogP contribution < -0.4 is 27.4 Å². The summed E-state index contributed by atoms with van der Waals surface area (Å²) in [5, 5.41) is 25.8. The van der Waals surface area contributed by atoms with Crippen molar-refractivity contribution in [2.24, 2.45) is 17.4 Å². The van der Waals surface area contributed by atoms with Gasteiger partial charge in [-0.1, -0.05) is 20.3 Å². The number of carboxylic acids is 2. The number of amides is 5. The molecule has 0 aromatic rings. The largest absolute Gasteiger partial charge is 0.481 e. The summed E-state index contributed by atoms with van der Waals surface area (Å²) < 4.78 is 0. The molecule has 1 aliphatic rings. The van der Waals surface area contributed by atoms with Crippen molar-refractivity contribution in [2.75, 3.05) is 6.54 Å². The van der Waals surface area contributed by atoms with Crippen molar-refractivity contribution in [1.29, 1.82) is 0 Å². The van der Waals surface area contributed by atoms with Gasteiger partial charge in [0.15, 0.2) is 0 Å². The van der Waals surface area contributed by atoms with Gasteiger partial charge in [0.25, 0.3) is 0 Å². The molecule has 1 fully saturated rings. The first-order valence-corrected chi connectivity index (χ1v) is 12.9. The number of likely N-dealkylation sites (tertiary alicyclic amines) is 1. The average molecular weight is 557 g/mol. The molecule has 0 aromatic heterocycles. The second-order valence-corrected chi connectivity index (χ2v) is 9.74. The minimum Gasteiger partial charge on any atom is -0.481 e. The SMILES string of the molecule is CC[C@H](C)[C@H](NC(=O)[C@@H]1CCCN1C(=O)[C@H](C)NC(=O)[C@H](CCC(=O)O)NC(=O)[C@@H](N)CCC(N)=O)C(=O)O. The Bertz CT molecular complexity index is 943. The molecule has 0 saturated carbocycles. The summed E-state index contributed by atoms with van der Waals surface area (Å²) in [5.41, 5.74) is 10.8. The number of aliphatic carboxylic acids is 2. The van der Waals surface area contributed by atoms with E-state index in [9.17, 15) is 38.7 Å². The highest BCUT2D eigenvalue weighted by Gasteiger charge is 2.39. The molecule has 0 aromatic carbocycles. The highest BCUT2D eigenvalue weighted by molar-refractivity contribution is 5.95. The summed E-state index contributed by atoms with van der Waals surface area (Å²) in [6.07, 6.45) is 0.313. The van der Waals surface area contributed by atoms with Crippen molar-refractivity contribution in [2.45, 2.75) is 95.9 Å². The number of primary amides is 1. The Morgan fingerprint density at radius 1 is 0.949 bits per heavy atom. The fraction of sp³-hybridized carbons (Fsp3) is 0.708. The number of rotatable bonds is 16. The van der Waals surface area contributed by atoms with Crippen LogP contribution in [0, 0.1) is 5.92 Å². The summed E-state index contributed by atoms with van der Waals surface area (Å²) in [6, 6.07) is -5.71. The van der Waals surface area contributed by atoms with Crippen LogP contribution in [-0.2, 0) is 33.6 Å². The minimum atomic E-state index is -1.34. The van der Waals surface area contributed by atoms with Gasteiger partial charge in [0.2, 0.25) is 29.5 Å². The van der Waals surface area contributed by atoms with Gasteiger partial charge < -0.3 is 42.5 Å². The molecule has 220 valence electrons. The highest BCUT2D eigenvalue weighted by Crippen LogP contribution is 2.20. The van der Waals surface area contributed by atoms with Crippen LogP contribution in [0.3, 0.4) is 0 Å².